The van der Waals surface area contributed by atoms with Gasteiger partial charge in [0.1, 0.15) is 25.0 Å². The smallest absolute Gasteiger partial charge is 0.271 e. The molecular formula is C40H38N10O9. The molecule has 19 nitrogen and oxygen atoms in total. The predicted molar refractivity (Wildman–Crippen MR) is 208 cm³/mol. The molecule has 59 heavy (non-hydrogen) atoms. The lowest BCUT2D eigenvalue weighted by atomic mass is 10.0. The van der Waals surface area contributed by atoms with Gasteiger partial charge in [-0.3, -0.25) is 43.7 Å². The van der Waals surface area contributed by atoms with Crippen molar-refractivity contribution in [3.8, 4) is 46.5 Å². The molecule has 0 spiro atoms. The Bertz CT molecular complexity index is 2470. The van der Waals surface area contributed by atoms with Crippen molar-refractivity contribution < 1.29 is 42.7 Å². The van der Waals surface area contributed by atoms with Crippen LogP contribution in [0.25, 0.3) is 22.8 Å². The van der Waals surface area contributed by atoms with Crippen molar-refractivity contribution >= 4 is 46.9 Å². The fourth-order valence-electron chi connectivity index (χ4n) is 6.38. The number of primary amides is 2. The Morgan fingerprint density at radius 2 is 1.73 bits per heavy atom. The first-order valence-corrected chi connectivity index (χ1v) is 18.7. The number of nitrogens with two attached hydrogens (primary N) is 2. The van der Waals surface area contributed by atoms with E-state index in [1.165, 1.54) is 29.8 Å². The van der Waals surface area contributed by atoms with Crippen LogP contribution in [0.2, 0.25) is 0 Å². The summed E-state index contributed by atoms with van der Waals surface area (Å²) in [4.78, 5) is 84.4. The van der Waals surface area contributed by atoms with Gasteiger partial charge >= 0.3 is 0 Å². The number of hydrogen-bond donors (Lipinski definition) is 5. The Morgan fingerprint density at radius 3 is 2.51 bits per heavy atom. The lowest BCUT2D eigenvalue weighted by molar-refractivity contribution is -0.136. The van der Waals surface area contributed by atoms with E-state index in [4.69, 9.17) is 25.4 Å². The number of amides is 6. The molecule has 3 aliphatic rings. The molecule has 3 aromatic heterocycles. The van der Waals surface area contributed by atoms with E-state index in [0.29, 0.717) is 29.5 Å². The highest BCUT2D eigenvalue weighted by Crippen LogP contribution is 2.34. The number of rotatable bonds is 17. The van der Waals surface area contributed by atoms with Gasteiger partial charge in [0.25, 0.3) is 23.6 Å². The number of ether oxygens (including phenoxy) is 2. The van der Waals surface area contributed by atoms with Gasteiger partial charge < -0.3 is 36.0 Å². The molecule has 1 aliphatic carbocycles. The van der Waals surface area contributed by atoms with Crippen LogP contribution in [0.5, 0.6) is 0 Å². The third-order valence-electron chi connectivity index (χ3n) is 9.43. The molecule has 4 aromatic rings. The van der Waals surface area contributed by atoms with E-state index in [1.807, 2.05) is 0 Å². The molecule has 1 saturated carbocycles. The molecule has 19 heteroatoms. The number of benzene rings is 1. The Balaban J connectivity index is 0.854. The summed E-state index contributed by atoms with van der Waals surface area (Å²) >= 11 is 0. The molecule has 1 atom stereocenters. The van der Waals surface area contributed by atoms with Crippen LogP contribution < -0.4 is 27.4 Å². The standard InChI is InChI=1S/C40H38N10O9/c41-35(52)32-26(34-33(36(42)53)47-38(59-34)24-12-13-44-29(20-24)45-21-23-8-9-23)22-49(48-32)15-3-1-2-4-16-57-18-19-58-17-14-43-27-7-5-6-25-31(27)40(56)50(39(25)55)28-10-11-30(51)46-37(28)54/h5-7,12-13,20,22-23,28,43H,8-11,14-19,21H2,(H2,41,52)(H2,42,53)(H,44,45)(H,46,51,54). The number of hydrogen-bond acceptors (Lipinski definition) is 14. The van der Waals surface area contributed by atoms with Crippen molar-refractivity contribution in [2.24, 2.45) is 17.4 Å². The zero-order chi connectivity index (χ0) is 41.5. The number of anilines is 2. The minimum atomic E-state index is -1.05. The number of carbonyl (C=O) groups excluding carboxylic acids is 6. The first-order chi connectivity index (χ1) is 28.6. The zero-order valence-electron chi connectivity index (χ0n) is 31.5. The summed E-state index contributed by atoms with van der Waals surface area (Å²) in [5, 5.41) is 12.8. The van der Waals surface area contributed by atoms with E-state index in [2.05, 4.69) is 54.7 Å². The highest BCUT2D eigenvalue weighted by molar-refractivity contribution is 6.25. The van der Waals surface area contributed by atoms with Crippen LogP contribution in [0.15, 0.2) is 47.1 Å². The molecule has 1 unspecified atom stereocenters. The number of nitrogens with one attached hydrogen (secondary N) is 3. The number of imide groups is 2. The second-order valence-electron chi connectivity index (χ2n) is 13.6. The second-order valence-corrected chi connectivity index (χ2v) is 13.6. The maximum absolute atomic E-state index is 13.2. The summed E-state index contributed by atoms with van der Waals surface area (Å²) in [6.45, 7) is 2.01. The normalized spacial score (nSPS) is 15.8. The number of oxazole rings is 1. The van der Waals surface area contributed by atoms with E-state index in [0.717, 1.165) is 11.4 Å². The van der Waals surface area contributed by atoms with Crippen molar-refractivity contribution in [1.29, 1.82) is 0 Å². The van der Waals surface area contributed by atoms with E-state index < -0.39 is 41.5 Å². The molecule has 0 bridgehead atoms. The fourth-order valence-corrected chi connectivity index (χ4v) is 6.38. The summed E-state index contributed by atoms with van der Waals surface area (Å²) in [5.74, 6) is 8.24. The number of pyridine rings is 1. The highest BCUT2D eigenvalue weighted by Gasteiger charge is 2.45. The minimum absolute atomic E-state index is 0.0271. The molecular weight excluding hydrogens is 765 g/mol. The molecule has 6 amide bonds. The Morgan fingerprint density at radius 1 is 0.932 bits per heavy atom. The number of piperidine rings is 1. The summed E-state index contributed by atoms with van der Waals surface area (Å²) in [5.41, 5.74) is 12.3. The van der Waals surface area contributed by atoms with Crippen molar-refractivity contribution in [2.75, 3.05) is 50.2 Å². The predicted octanol–water partition coefficient (Wildman–Crippen LogP) is 1.17. The van der Waals surface area contributed by atoms with Crippen LogP contribution in [0.4, 0.5) is 11.5 Å². The second kappa shape index (κ2) is 17.8. The Labute approximate surface area is 336 Å². The molecule has 7 rings (SSSR count). The molecule has 1 aromatic carbocycles. The van der Waals surface area contributed by atoms with Gasteiger partial charge in [0, 0.05) is 43.2 Å². The number of aromatic nitrogens is 4. The van der Waals surface area contributed by atoms with Gasteiger partial charge in [0.15, 0.2) is 17.1 Å². The Kier molecular flexibility index (Phi) is 12.1. The maximum atomic E-state index is 13.2. The van der Waals surface area contributed by atoms with Gasteiger partial charge in [0.2, 0.25) is 17.7 Å². The summed E-state index contributed by atoms with van der Waals surface area (Å²) in [6, 6.07) is 7.20. The largest absolute Gasteiger partial charge is 0.435 e. The maximum Gasteiger partial charge on any atom is 0.271 e. The molecule has 7 N–H and O–H groups in total. The minimum Gasteiger partial charge on any atom is -0.435 e. The number of fused-ring (bicyclic) bond motifs is 1. The van der Waals surface area contributed by atoms with Crippen LogP contribution >= 0.6 is 0 Å². The topological polar surface area (TPSA) is 269 Å². The van der Waals surface area contributed by atoms with Gasteiger partial charge in [-0.25, -0.2) is 9.97 Å². The third kappa shape index (κ3) is 9.28. The van der Waals surface area contributed by atoms with Crippen LogP contribution in [-0.2, 0) is 25.6 Å². The highest BCUT2D eigenvalue weighted by atomic mass is 16.5. The Hall–Kier alpha value is -7.35. The monoisotopic (exact) mass is 802 g/mol. The van der Waals surface area contributed by atoms with Crippen LogP contribution in [0, 0.1) is 29.6 Å². The third-order valence-corrected chi connectivity index (χ3v) is 9.43. The van der Waals surface area contributed by atoms with E-state index >= 15 is 0 Å². The summed E-state index contributed by atoms with van der Waals surface area (Å²) in [6.07, 6.45) is 5.52. The molecule has 1 saturated heterocycles. The first-order valence-electron chi connectivity index (χ1n) is 18.7. The van der Waals surface area contributed by atoms with Crippen molar-refractivity contribution in [3.05, 3.63) is 65.2 Å². The molecule has 5 heterocycles. The molecule has 2 aliphatic heterocycles. The average Bonchev–Trinajstić information content (AvgIpc) is 3.67. The molecule has 0 radical (unpaired) electrons. The summed E-state index contributed by atoms with van der Waals surface area (Å²) in [7, 11) is 0. The molecule has 2 fully saturated rings. The van der Waals surface area contributed by atoms with Crippen molar-refractivity contribution in [2.45, 2.75) is 38.3 Å². The van der Waals surface area contributed by atoms with Crippen molar-refractivity contribution in [1.82, 2.24) is 30.0 Å². The zero-order valence-corrected chi connectivity index (χ0v) is 31.5. The first kappa shape index (κ1) is 39.9. The van der Waals surface area contributed by atoms with Gasteiger partial charge in [-0.05, 0) is 61.3 Å². The van der Waals surface area contributed by atoms with Crippen LogP contribution in [0.3, 0.4) is 0 Å². The number of nitrogens with zero attached hydrogens (tertiary/aromatic N) is 5. The SMILES string of the molecule is NC(=O)c1nn(CC#CC#CCOCCOCCNc2cccc3c2C(=O)N(C2CCC(=O)NC2=O)C3=O)cc1-c1oc(-c2ccnc(NCC3CC3)c2)nc1C(N)=O. The quantitative estimate of drug-likeness (QED) is 0.0570. The van der Waals surface area contributed by atoms with Gasteiger partial charge in [-0.1, -0.05) is 17.9 Å². The lowest BCUT2D eigenvalue weighted by Crippen LogP contribution is -2.54. The van der Waals surface area contributed by atoms with E-state index in [9.17, 15) is 28.8 Å². The van der Waals surface area contributed by atoms with E-state index in [1.54, 1.807) is 30.5 Å². The molecule has 302 valence electrons. The van der Waals surface area contributed by atoms with Crippen LogP contribution in [0.1, 0.15) is 67.4 Å². The summed E-state index contributed by atoms with van der Waals surface area (Å²) < 4.78 is 18.4. The number of carbonyl (C=O) groups is 6. The van der Waals surface area contributed by atoms with Gasteiger partial charge in [-0.15, -0.1) is 0 Å². The lowest BCUT2D eigenvalue weighted by Gasteiger charge is -2.27. The van der Waals surface area contributed by atoms with Crippen molar-refractivity contribution in [3.63, 3.8) is 0 Å². The van der Waals surface area contributed by atoms with Gasteiger partial charge in [-0.2, -0.15) is 5.10 Å². The van der Waals surface area contributed by atoms with Gasteiger partial charge in [0.05, 0.1) is 36.5 Å². The average molecular weight is 803 g/mol. The van der Waals surface area contributed by atoms with E-state index in [-0.39, 0.29) is 85.5 Å². The van der Waals surface area contributed by atoms with Crippen LogP contribution in [-0.4, -0.2) is 106 Å². The fraction of sp³-hybridized carbons (Fsp3) is 0.325.